The largest absolute Gasteiger partial charge is 0.306 e. The fourth-order valence-corrected chi connectivity index (χ4v) is 7.61. The maximum absolute atomic E-state index is 2.61. The molecule has 10 aliphatic heterocycles. The molecule has 6 bridgehead atoms. The summed E-state index contributed by atoms with van der Waals surface area (Å²) in [6, 6.07) is 0. The summed E-state index contributed by atoms with van der Waals surface area (Å²) in [5.41, 5.74) is 0. The standard InChI is InChI=1S/C8H15N.C7H13N.C6H11N.C6H13N.C5H11N.5C3H8/c1-2-8-3-6-9(5-1)7-4-8;1-4-8-5-2-7(1)3-6-8;1-3-7-4-2-6(1)5-7;1-7-5-3-2-4-6-7;1-6-4-2-3-5-6;5*1-3-2/h8H,1-7H2;7H,1-6H2;6H,1-5H2;2-6H2,1H3;2-5H2,1H3;5*3H2,1-2H3. The van der Waals surface area contributed by atoms with Crippen LogP contribution in [0.3, 0.4) is 0 Å². The third-order valence-corrected chi connectivity index (χ3v) is 10.5. The third kappa shape index (κ3) is 33.2. The minimum Gasteiger partial charge on any atom is -0.306 e. The van der Waals surface area contributed by atoms with Crippen LogP contribution in [0.4, 0.5) is 0 Å². The Bertz CT molecular complexity index is 576. The molecule has 10 heterocycles. The zero-order chi connectivity index (χ0) is 39.2. The van der Waals surface area contributed by atoms with Crippen LogP contribution in [-0.4, -0.2) is 124 Å². The van der Waals surface area contributed by atoms with Crippen LogP contribution >= 0.6 is 0 Å². The predicted octanol–water partition coefficient (Wildman–Crippen LogP) is 12.2. The predicted molar refractivity (Wildman–Crippen MR) is 239 cm³/mol. The summed E-state index contributed by atoms with van der Waals surface area (Å²) < 4.78 is 0. The molecule has 0 aromatic heterocycles. The zero-order valence-corrected chi connectivity index (χ0v) is 38.6. The van der Waals surface area contributed by atoms with Crippen molar-refractivity contribution in [2.24, 2.45) is 17.8 Å². The molecule has 10 rings (SSSR count). The van der Waals surface area contributed by atoms with Gasteiger partial charge in [0.1, 0.15) is 0 Å². The molecule has 52 heavy (non-hydrogen) atoms. The second kappa shape index (κ2) is 40.5. The Morgan fingerprint density at radius 3 is 0.769 bits per heavy atom. The number of nitrogens with zero attached hydrogens (tertiary/aromatic N) is 5. The fraction of sp³-hybridized carbons (Fsp3) is 1.00. The summed E-state index contributed by atoms with van der Waals surface area (Å²) in [7, 11) is 4.37. The molecule has 0 aromatic rings. The molecule has 10 fully saturated rings. The Balaban J connectivity index is 0. The van der Waals surface area contributed by atoms with Crippen LogP contribution in [0.5, 0.6) is 0 Å². The average molecular weight is 738 g/mol. The van der Waals surface area contributed by atoms with E-state index < -0.39 is 0 Å². The van der Waals surface area contributed by atoms with Crippen molar-refractivity contribution in [3.63, 3.8) is 0 Å². The van der Waals surface area contributed by atoms with E-state index >= 15 is 0 Å². The third-order valence-electron chi connectivity index (χ3n) is 10.5. The lowest BCUT2D eigenvalue weighted by molar-refractivity contribution is 0.111. The van der Waals surface area contributed by atoms with Gasteiger partial charge in [-0.25, -0.2) is 0 Å². The molecule has 10 aliphatic rings. The second-order valence-electron chi connectivity index (χ2n) is 17.2. The molecule has 0 aliphatic carbocycles. The molecule has 316 valence electrons. The first kappa shape index (κ1) is 53.9. The van der Waals surface area contributed by atoms with E-state index in [4.69, 9.17) is 0 Å². The quantitative estimate of drug-likeness (QED) is 0.245. The zero-order valence-electron chi connectivity index (χ0n) is 38.6. The Morgan fingerprint density at radius 1 is 0.288 bits per heavy atom. The molecule has 0 N–H and O–H groups in total. The van der Waals surface area contributed by atoms with Crippen molar-refractivity contribution < 1.29 is 0 Å². The van der Waals surface area contributed by atoms with Gasteiger partial charge in [0, 0.05) is 6.54 Å². The maximum Gasteiger partial charge on any atom is 0.00106 e. The van der Waals surface area contributed by atoms with Crippen molar-refractivity contribution in [1.82, 2.24) is 24.5 Å². The van der Waals surface area contributed by atoms with Gasteiger partial charge in [-0.15, -0.1) is 0 Å². The van der Waals surface area contributed by atoms with Gasteiger partial charge in [0.15, 0.2) is 0 Å². The Hall–Kier alpha value is -0.200. The Kier molecular flexibility index (Phi) is 41.9. The minimum absolute atomic E-state index is 1.10. The minimum atomic E-state index is 1.10. The molecule has 0 unspecified atom stereocenters. The first-order chi connectivity index (χ1) is 25.2. The molecule has 0 spiro atoms. The first-order valence-electron chi connectivity index (χ1n) is 23.8. The number of piperidine rings is 6. The summed E-state index contributed by atoms with van der Waals surface area (Å²) in [6.07, 6.45) is 26.7. The molecule has 0 radical (unpaired) electrons. The molecule has 0 atom stereocenters. The second-order valence-corrected chi connectivity index (χ2v) is 17.2. The van der Waals surface area contributed by atoms with Crippen molar-refractivity contribution in [3.8, 4) is 0 Å². The van der Waals surface area contributed by atoms with Crippen LogP contribution < -0.4 is 0 Å². The van der Waals surface area contributed by atoms with Crippen LogP contribution in [0.15, 0.2) is 0 Å². The summed E-state index contributed by atoms with van der Waals surface area (Å²) >= 11 is 0. The molecular formula is C47H103N5. The number of hydrogen-bond donors (Lipinski definition) is 0. The summed E-state index contributed by atoms with van der Waals surface area (Å²) in [6.45, 7) is 39.1. The number of likely N-dealkylation sites (tertiary alicyclic amines) is 2. The van der Waals surface area contributed by atoms with E-state index in [2.05, 4.69) is 108 Å². The van der Waals surface area contributed by atoms with E-state index in [1.165, 1.54) is 207 Å². The molecule has 0 saturated carbocycles. The van der Waals surface area contributed by atoms with Crippen molar-refractivity contribution >= 4 is 0 Å². The van der Waals surface area contributed by atoms with Crippen LogP contribution in [-0.2, 0) is 0 Å². The van der Waals surface area contributed by atoms with Gasteiger partial charge in [0.25, 0.3) is 0 Å². The summed E-state index contributed by atoms with van der Waals surface area (Å²) in [5.74, 6) is 3.31. The van der Waals surface area contributed by atoms with Gasteiger partial charge >= 0.3 is 0 Å². The Labute approximate surface area is 331 Å². The molecule has 0 amide bonds. The van der Waals surface area contributed by atoms with Gasteiger partial charge < -0.3 is 24.5 Å². The van der Waals surface area contributed by atoms with Crippen molar-refractivity contribution in [2.75, 3.05) is 99.2 Å². The van der Waals surface area contributed by atoms with Gasteiger partial charge in [-0.3, -0.25) is 0 Å². The highest BCUT2D eigenvalue weighted by molar-refractivity contribution is 4.83. The summed E-state index contributed by atoms with van der Waals surface area (Å²) in [4.78, 5) is 12.5. The molecule has 0 aromatic carbocycles. The monoisotopic (exact) mass is 738 g/mol. The number of rotatable bonds is 0. The van der Waals surface area contributed by atoms with E-state index in [0.29, 0.717) is 0 Å². The number of fused-ring (bicyclic) bond motifs is 9. The van der Waals surface area contributed by atoms with Gasteiger partial charge in [-0.1, -0.05) is 108 Å². The smallest absolute Gasteiger partial charge is 0.00106 e. The SMILES string of the molecule is C1CC2CCN(C1)CC2.C1CN2CCC1C2.C1CN2CCC1CC2.CCC.CCC.CCC.CCC.CCC.CN1CCCC1.CN1CCCCC1. The van der Waals surface area contributed by atoms with Crippen molar-refractivity contribution in [2.45, 2.75) is 191 Å². The lowest BCUT2D eigenvalue weighted by Gasteiger charge is -2.38. The Morgan fingerprint density at radius 2 is 0.558 bits per heavy atom. The lowest BCUT2D eigenvalue weighted by Crippen LogP contribution is -2.41. The first-order valence-corrected chi connectivity index (χ1v) is 23.8. The van der Waals surface area contributed by atoms with E-state index in [9.17, 15) is 0 Å². The highest BCUT2D eigenvalue weighted by Gasteiger charge is 2.28. The van der Waals surface area contributed by atoms with Gasteiger partial charge in [0.05, 0.1) is 0 Å². The van der Waals surface area contributed by atoms with Gasteiger partial charge in [-0.2, -0.15) is 0 Å². The summed E-state index contributed by atoms with van der Waals surface area (Å²) in [5, 5.41) is 0. The van der Waals surface area contributed by atoms with Gasteiger partial charge in [-0.05, 0) is 194 Å². The molecule has 5 heteroatoms. The topological polar surface area (TPSA) is 16.2 Å². The van der Waals surface area contributed by atoms with E-state index in [1.54, 1.807) is 0 Å². The van der Waals surface area contributed by atoms with Crippen molar-refractivity contribution in [1.29, 1.82) is 0 Å². The van der Waals surface area contributed by atoms with Crippen LogP contribution in [0.2, 0.25) is 0 Å². The van der Waals surface area contributed by atoms with E-state index in [0.717, 1.165) is 17.8 Å². The highest BCUT2D eigenvalue weighted by atomic mass is 15.2. The molecule has 5 nitrogen and oxygen atoms in total. The highest BCUT2D eigenvalue weighted by Crippen LogP contribution is 2.27. The van der Waals surface area contributed by atoms with E-state index in [-0.39, 0.29) is 0 Å². The van der Waals surface area contributed by atoms with E-state index in [1.807, 2.05) is 0 Å². The molecular weight excluding hydrogens is 635 g/mol. The normalized spacial score (nSPS) is 28.8. The fourth-order valence-electron chi connectivity index (χ4n) is 7.61. The lowest BCUT2D eigenvalue weighted by atomic mass is 9.89. The van der Waals surface area contributed by atoms with Crippen LogP contribution in [0, 0.1) is 17.8 Å². The van der Waals surface area contributed by atoms with Crippen LogP contribution in [0.25, 0.3) is 0 Å². The number of hydrogen-bond acceptors (Lipinski definition) is 5. The maximum atomic E-state index is 2.61. The van der Waals surface area contributed by atoms with Crippen LogP contribution in [0.1, 0.15) is 191 Å². The molecule has 10 saturated heterocycles. The van der Waals surface area contributed by atoms with Gasteiger partial charge in [0.2, 0.25) is 0 Å². The average Bonchev–Trinajstić information content (AvgIpc) is 3.87. The van der Waals surface area contributed by atoms with Crippen molar-refractivity contribution in [3.05, 3.63) is 0 Å².